The van der Waals surface area contributed by atoms with Crippen LogP contribution in [0, 0.1) is 0 Å². The van der Waals surface area contributed by atoms with E-state index >= 15 is 0 Å². The average Bonchev–Trinajstić information content (AvgIpc) is 3.15. The van der Waals surface area contributed by atoms with E-state index in [0.29, 0.717) is 5.82 Å². The van der Waals surface area contributed by atoms with Gasteiger partial charge >= 0.3 is 0 Å². The smallest absolute Gasteiger partial charge is 0.243 e. The summed E-state index contributed by atoms with van der Waals surface area (Å²) in [5.41, 5.74) is 0.757. The van der Waals surface area contributed by atoms with Crippen molar-refractivity contribution < 1.29 is 17.7 Å². The molecule has 0 atom stereocenters. The van der Waals surface area contributed by atoms with Gasteiger partial charge < -0.3 is 9.26 Å². The van der Waals surface area contributed by atoms with Crippen molar-refractivity contribution in [2.45, 2.75) is 31.3 Å². The van der Waals surface area contributed by atoms with Crippen molar-refractivity contribution in [1.82, 2.24) is 14.4 Å². The normalized spacial score (nSPS) is 11.9. The maximum atomic E-state index is 12.9. The second kappa shape index (κ2) is 7.89. The first-order valence-corrected chi connectivity index (χ1v) is 9.89. The molecule has 27 heavy (non-hydrogen) atoms. The molecule has 0 bridgehead atoms. The number of hydrogen-bond acceptors (Lipinski definition) is 6. The highest BCUT2D eigenvalue weighted by Gasteiger charge is 2.29. The third-order valence-corrected chi connectivity index (χ3v) is 6.07. The molecule has 0 fully saturated rings. The Morgan fingerprint density at radius 2 is 1.74 bits per heavy atom. The molecule has 0 aliphatic heterocycles. The van der Waals surface area contributed by atoms with Gasteiger partial charge in [0.25, 0.3) is 0 Å². The Bertz CT molecular complexity index is 983. The molecule has 0 N–H and O–H groups in total. The highest BCUT2D eigenvalue weighted by molar-refractivity contribution is 7.89. The minimum Gasteiger partial charge on any atom is -0.497 e. The summed E-state index contributed by atoms with van der Waals surface area (Å²) in [6.45, 7) is 3.61. The van der Waals surface area contributed by atoms with E-state index in [4.69, 9.17) is 9.26 Å². The fraction of sp³-hybridized carbons (Fsp3) is 0.263. The van der Waals surface area contributed by atoms with Gasteiger partial charge in [0.2, 0.25) is 21.7 Å². The SMILES string of the molecule is COc1ccc(-c2noc(CN(C(C)C)S(=O)(=O)c3ccccc3)n2)cc1. The van der Waals surface area contributed by atoms with Crippen LogP contribution in [0.3, 0.4) is 0 Å². The number of rotatable bonds is 7. The van der Waals surface area contributed by atoms with Crippen LogP contribution in [-0.4, -0.2) is 36.0 Å². The minimum atomic E-state index is -3.67. The fourth-order valence-electron chi connectivity index (χ4n) is 2.58. The van der Waals surface area contributed by atoms with Crippen LogP contribution in [0.5, 0.6) is 5.75 Å². The molecule has 0 spiro atoms. The van der Waals surface area contributed by atoms with Crippen molar-refractivity contribution >= 4 is 10.0 Å². The Morgan fingerprint density at radius 3 is 2.33 bits per heavy atom. The molecule has 0 saturated heterocycles. The Morgan fingerprint density at radius 1 is 1.07 bits per heavy atom. The van der Waals surface area contributed by atoms with Gasteiger partial charge in [-0.1, -0.05) is 23.4 Å². The Labute approximate surface area is 158 Å². The Hall–Kier alpha value is -2.71. The van der Waals surface area contributed by atoms with Crippen molar-refractivity contribution in [2.24, 2.45) is 0 Å². The molecular formula is C19H21N3O4S. The van der Waals surface area contributed by atoms with Crippen LogP contribution in [-0.2, 0) is 16.6 Å². The lowest BCUT2D eigenvalue weighted by atomic mass is 10.2. The number of ether oxygens (including phenoxy) is 1. The standard InChI is InChI=1S/C19H21N3O4S/c1-14(2)22(27(23,24)17-7-5-4-6-8-17)13-18-20-19(21-26-18)15-9-11-16(25-3)12-10-15/h4-12,14H,13H2,1-3H3. The van der Waals surface area contributed by atoms with Gasteiger partial charge in [0, 0.05) is 11.6 Å². The summed E-state index contributed by atoms with van der Waals surface area (Å²) in [5, 5.41) is 3.96. The summed E-state index contributed by atoms with van der Waals surface area (Å²) >= 11 is 0. The first-order valence-electron chi connectivity index (χ1n) is 8.45. The van der Waals surface area contributed by atoms with E-state index in [1.165, 1.54) is 4.31 Å². The third kappa shape index (κ3) is 4.17. The van der Waals surface area contributed by atoms with Gasteiger partial charge in [0.15, 0.2) is 0 Å². The average molecular weight is 387 g/mol. The van der Waals surface area contributed by atoms with Gasteiger partial charge in [-0.3, -0.25) is 0 Å². The zero-order chi connectivity index (χ0) is 19.4. The second-order valence-corrected chi connectivity index (χ2v) is 8.09. The zero-order valence-electron chi connectivity index (χ0n) is 15.4. The predicted molar refractivity (Wildman–Crippen MR) is 101 cm³/mol. The number of nitrogens with zero attached hydrogens (tertiary/aromatic N) is 3. The monoisotopic (exact) mass is 387 g/mol. The molecular weight excluding hydrogens is 366 g/mol. The van der Waals surface area contributed by atoms with Crippen LogP contribution in [0.4, 0.5) is 0 Å². The number of hydrogen-bond donors (Lipinski definition) is 0. The highest BCUT2D eigenvalue weighted by Crippen LogP contribution is 2.23. The van der Waals surface area contributed by atoms with E-state index in [0.717, 1.165) is 11.3 Å². The van der Waals surface area contributed by atoms with Gasteiger partial charge in [-0.25, -0.2) is 8.42 Å². The lowest BCUT2D eigenvalue weighted by Crippen LogP contribution is -2.36. The molecule has 0 saturated carbocycles. The molecule has 142 valence electrons. The van der Waals surface area contributed by atoms with Gasteiger partial charge in [0.1, 0.15) is 5.75 Å². The Balaban J connectivity index is 1.85. The number of aromatic nitrogens is 2. The highest BCUT2D eigenvalue weighted by atomic mass is 32.2. The van der Waals surface area contributed by atoms with Crippen molar-refractivity contribution in [3.05, 3.63) is 60.5 Å². The van der Waals surface area contributed by atoms with Crippen molar-refractivity contribution in [1.29, 1.82) is 0 Å². The number of benzene rings is 2. The summed E-state index contributed by atoms with van der Waals surface area (Å²) < 4.78 is 37.7. The molecule has 1 heterocycles. The van der Waals surface area contributed by atoms with E-state index in [1.807, 2.05) is 12.1 Å². The molecule has 0 radical (unpaired) electrons. The van der Waals surface area contributed by atoms with E-state index < -0.39 is 10.0 Å². The van der Waals surface area contributed by atoms with Crippen molar-refractivity contribution in [3.8, 4) is 17.1 Å². The van der Waals surface area contributed by atoms with Gasteiger partial charge in [-0.15, -0.1) is 0 Å². The quantitative estimate of drug-likeness (QED) is 0.618. The lowest BCUT2D eigenvalue weighted by molar-refractivity contribution is 0.286. The Kier molecular flexibility index (Phi) is 5.57. The van der Waals surface area contributed by atoms with Crippen LogP contribution < -0.4 is 4.74 Å². The first kappa shape index (κ1) is 19.1. The fourth-order valence-corrected chi connectivity index (χ4v) is 4.19. The number of methoxy groups -OCH3 is 1. The van der Waals surface area contributed by atoms with Crippen LogP contribution >= 0.6 is 0 Å². The first-order chi connectivity index (χ1) is 12.9. The van der Waals surface area contributed by atoms with Crippen LogP contribution in [0.1, 0.15) is 19.7 Å². The summed E-state index contributed by atoms with van der Waals surface area (Å²) in [5.74, 6) is 1.35. The summed E-state index contributed by atoms with van der Waals surface area (Å²) in [4.78, 5) is 4.57. The van der Waals surface area contributed by atoms with Crippen LogP contribution in [0.15, 0.2) is 64.0 Å². The molecule has 1 aromatic heterocycles. The molecule has 2 aromatic carbocycles. The molecule has 0 aliphatic carbocycles. The third-order valence-electron chi connectivity index (χ3n) is 4.03. The second-order valence-electron chi connectivity index (χ2n) is 6.20. The molecule has 3 rings (SSSR count). The lowest BCUT2D eigenvalue weighted by Gasteiger charge is -2.24. The van der Waals surface area contributed by atoms with Gasteiger partial charge in [0.05, 0.1) is 18.6 Å². The maximum Gasteiger partial charge on any atom is 0.243 e. The van der Waals surface area contributed by atoms with Crippen LogP contribution in [0.25, 0.3) is 11.4 Å². The molecule has 7 nitrogen and oxygen atoms in total. The van der Waals surface area contributed by atoms with Crippen molar-refractivity contribution in [2.75, 3.05) is 7.11 Å². The van der Waals surface area contributed by atoms with Gasteiger partial charge in [-0.2, -0.15) is 9.29 Å². The van der Waals surface area contributed by atoms with Gasteiger partial charge in [-0.05, 0) is 50.2 Å². The maximum absolute atomic E-state index is 12.9. The zero-order valence-corrected chi connectivity index (χ0v) is 16.2. The van der Waals surface area contributed by atoms with E-state index in [1.54, 1.807) is 63.4 Å². The molecule has 8 heteroatoms. The van der Waals surface area contributed by atoms with E-state index in [-0.39, 0.29) is 23.4 Å². The minimum absolute atomic E-state index is 0.00194. The topological polar surface area (TPSA) is 85.5 Å². The van der Waals surface area contributed by atoms with E-state index in [9.17, 15) is 8.42 Å². The number of sulfonamides is 1. The van der Waals surface area contributed by atoms with Crippen molar-refractivity contribution in [3.63, 3.8) is 0 Å². The molecule has 0 aliphatic rings. The summed E-state index contributed by atoms with van der Waals surface area (Å²) in [6, 6.07) is 15.3. The van der Waals surface area contributed by atoms with E-state index in [2.05, 4.69) is 10.1 Å². The molecule has 3 aromatic rings. The molecule has 0 amide bonds. The predicted octanol–water partition coefficient (Wildman–Crippen LogP) is 3.34. The summed E-state index contributed by atoms with van der Waals surface area (Å²) in [6.07, 6.45) is 0. The molecule has 0 unspecified atom stereocenters. The van der Waals surface area contributed by atoms with Crippen LogP contribution in [0.2, 0.25) is 0 Å². The summed E-state index contributed by atoms with van der Waals surface area (Å²) in [7, 11) is -2.08. The largest absolute Gasteiger partial charge is 0.497 e.